The molecular weight excluding hydrogens is 221 g/mol. The van der Waals surface area contributed by atoms with Crippen molar-refractivity contribution in [3.63, 3.8) is 0 Å². The molecule has 0 aliphatic heterocycles. The number of carbonyl (C=O) groups is 1. The highest BCUT2D eigenvalue weighted by Gasteiger charge is 2.16. The van der Waals surface area contributed by atoms with E-state index in [4.69, 9.17) is 4.74 Å². The Bertz CT molecular complexity index is 351. The van der Waals surface area contributed by atoms with E-state index in [0.717, 1.165) is 5.56 Å². The normalized spacial score (nSPS) is 12.2. The van der Waals surface area contributed by atoms with Crippen molar-refractivity contribution < 1.29 is 13.9 Å². The van der Waals surface area contributed by atoms with Crippen LogP contribution < -0.4 is 5.32 Å². The molecule has 0 spiro atoms. The summed E-state index contributed by atoms with van der Waals surface area (Å²) in [5.74, 6) is -0.497. The molecule has 0 bridgehead atoms. The van der Waals surface area contributed by atoms with E-state index >= 15 is 0 Å². The third kappa shape index (κ3) is 4.53. The van der Waals surface area contributed by atoms with Crippen LogP contribution in [0.2, 0.25) is 0 Å². The van der Waals surface area contributed by atoms with Crippen molar-refractivity contribution in [1.82, 2.24) is 5.32 Å². The summed E-state index contributed by atoms with van der Waals surface area (Å²) in [5.41, 5.74) is 0.939. The van der Waals surface area contributed by atoms with Crippen molar-refractivity contribution in [1.29, 1.82) is 0 Å². The summed E-state index contributed by atoms with van der Waals surface area (Å²) in [6.07, 6.45) is 0.667. The van der Waals surface area contributed by atoms with E-state index in [9.17, 15) is 9.18 Å². The molecule has 1 aromatic rings. The maximum atomic E-state index is 12.7. The number of esters is 1. The lowest BCUT2D eigenvalue weighted by Gasteiger charge is -2.15. The third-order valence-electron chi connectivity index (χ3n) is 2.45. The van der Waals surface area contributed by atoms with Gasteiger partial charge >= 0.3 is 5.97 Å². The zero-order chi connectivity index (χ0) is 12.7. The van der Waals surface area contributed by atoms with Crippen LogP contribution in [0.25, 0.3) is 0 Å². The summed E-state index contributed by atoms with van der Waals surface area (Å²) in [7, 11) is 0. The molecule has 0 aliphatic carbocycles. The second kappa shape index (κ2) is 7.01. The fourth-order valence-corrected chi connectivity index (χ4v) is 1.48. The smallest absolute Gasteiger partial charge is 0.323 e. The highest BCUT2D eigenvalue weighted by molar-refractivity contribution is 5.75. The van der Waals surface area contributed by atoms with Gasteiger partial charge in [0.05, 0.1) is 6.61 Å². The lowest BCUT2D eigenvalue weighted by molar-refractivity contribution is -0.145. The molecule has 0 saturated carbocycles. The maximum absolute atomic E-state index is 12.7. The second-order valence-corrected chi connectivity index (χ2v) is 3.72. The maximum Gasteiger partial charge on any atom is 0.323 e. The van der Waals surface area contributed by atoms with Crippen molar-refractivity contribution in [3.8, 4) is 0 Å². The van der Waals surface area contributed by atoms with Crippen LogP contribution in [0.1, 0.15) is 25.8 Å². The van der Waals surface area contributed by atoms with Gasteiger partial charge in [0, 0.05) is 6.54 Å². The Labute approximate surface area is 101 Å². The average Bonchev–Trinajstić information content (AvgIpc) is 2.32. The summed E-state index contributed by atoms with van der Waals surface area (Å²) >= 11 is 0. The molecule has 4 heteroatoms. The van der Waals surface area contributed by atoms with Gasteiger partial charge in [-0.2, -0.15) is 0 Å². The summed E-state index contributed by atoms with van der Waals surface area (Å²) in [4.78, 5) is 11.5. The number of halogens is 1. The van der Waals surface area contributed by atoms with Crippen LogP contribution in [0.15, 0.2) is 24.3 Å². The van der Waals surface area contributed by atoms with Gasteiger partial charge in [0.1, 0.15) is 11.9 Å². The molecular formula is C13H18FNO2. The number of hydrogen-bond donors (Lipinski definition) is 1. The number of ether oxygens (including phenoxy) is 1. The molecule has 0 saturated heterocycles. The van der Waals surface area contributed by atoms with E-state index in [0.29, 0.717) is 19.6 Å². The van der Waals surface area contributed by atoms with Crippen LogP contribution in [0.3, 0.4) is 0 Å². The van der Waals surface area contributed by atoms with E-state index < -0.39 is 0 Å². The monoisotopic (exact) mass is 239 g/mol. The van der Waals surface area contributed by atoms with E-state index in [1.165, 1.54) is 12.1 Å². The molecule has 0 amide bonds. The molecule has 0 aromatic heterocycles. The zero-order valence-electron chi connectivity index (χ0n) is 10.2. The van der Waals surface area contributed by atoms with Gasteiger partial charge in [0.15, 0.2) is 0 Å². The summed E-state index contributed by atoms with van der Waals surface area (Å²) < 4.78 is 17.6. The second-order valence-electron chi connectivity index (χ2n) is 3.72. The van der Waals surface area contributed by atoms with Crippen LogP contribution in [0, 0.1) is 5.82 Å². The van der Waals surface area contributed by atoms with Crippen molar-refractivity contribution in [3.05, 3.63) is 35.6 Å². The summed E-state index contributed by atoms with van der Waals surface area (Å²) in [6.45, 7) is 4.61. The van der Waals surface area contributed by atoms with Crippen molar-refractivity contribution in [2.24, 2.45) is 0 Å². The molecule has 0 fully saturated rings. The van der Waals surface area contributed by atoms with Gasteiger partial charge in [0.25, 0.3) is 0 Å². The minimum absolute atomic E-state index is 0.239. The van der Waals surface area contributed by atoms with Gasteiger partial charge in [-0.05, 0) is 31.0 Å². The Hall–Kier alpha value is -1.42. The molecule has 1 N–H and O–H groups in total. The molecule has 0 heterocycles. The number of carbonyl (C=O) groups excluding carboxylic acids is 1. The highest BCUT2D eigenvalue weighted by Crippen LogP contribution is 2.04. The number of benzene rings is 1. The van der Waals surface area contributed by atoms with Crippen molar-refractivity contribution in [2.75, 3.05) is 6.61 Å². The first-order valence-electron chi connectivity index (χ1n) is 5.81. The van der Waals surface area contributed by atoms with Crippen LogP contribution in [0.5, 0.6) is 0 Å². The molecule has 1 atom stereocenters. The quantitative estimate of drug-likeness (QED) is 0.774. The van der Waals surface area contributed by atoms with Gasteiger partial charge in [0.2, 0.25) is 0 Å². The SMILES string of the molecule is CCOC(=O)[C@H](CC)NCc1ccc(F)cc1. The first-order valence-corrected chi connectivity index (χ1v) is 5.81. The standard InChI is InChI=1S/C13H18FNO2/c1-3-12(13(16)17-4-2)15-9-10-5-7-11(14)8-6-10/h5-8,12,15H,3-4,9H2,1-2H3/t12-/m0/s1. The fraction of sp³-hybridized carbons (Fsp3) is 0.462. The van der Waals surface area contributed by atoms with Gasteiger partial charge in [-0.3, -0.25) is 4.79 Å². The Morgan fingerprint density at radius 3 is 2.53 bits per heavy atom. The van der Waals surface area contributed by atoms with Crippen LogP contribution >= 0.6 is 0 Å². The lowest BCUT2D eigenvalue weighted by atomic mass is 10.2. The minimum Gasteiger partial charge on any atom is -0.465 e. The molecule has 0 unspecified atom stereocenters. The number of rotatable bonds is 6. The van der Waals surface area contributed by atoms with Gasteiger partial charge in [-0.25, -0.2) is 4.39 Å². The third-order valence-corrected chi connectivity index (χ3v) is 2.45. The van der Waals surface area contributed by atoms with E-state index in [1.807, 2.05) is 6.92 Å². The Morgan fingerprint density at radius 1 is 1.35 bits per heavy atom. The number of nitrogens with one attached hydrogen (secondary N) is 1. The largest absolute Gasteiger partial charge is 0.465 e. The van der Waals surface area contributed by atoms with Gasteiger partial charge in [-0.1, -0.05) is 19.1 Å². The Morgan fingerprint density at radius 2 is 2.00 bits per heavy atom. The van der Waals surface area contributed by atoms with Gasteiger partial charge < -0.3 is 10.1 Å². The topological polar surface area (TPSA) is 38.3 Å². The minimum atomic E-state index is -0.306. The van der Waals surface area contributed by atoms with E-state index in [1.54, 1.807) is 19.1 Å². The summed E-state index contributed by atoms with van der Waals surface area (Å²) in [5, 5.41) is 3.09. The predicted molar refractivity (Wildman–Crippen MR) is 64.0 cm³/mol. The Balaban J connectivity index is 2.47. The van der Waals surface area contributed by atoms with Crippen molar-refractivity contribution in [2.45, 2.75) is 32.9 Å². The van der Waals surface area contributed by atoms with E-state index in [-0.39, 0.29) is 17.8 Å². The Kier molecular flexibility index (Phi) is 5.63. The highest BCUT2D eigenvalue weighted by atomic mass is 19.1. The lowest BCUT2D eigenvalue weighted by Crippen LogP contribution is -2.37. The van der Waals surface area contributed by atoms with Crippen LogP contribution in [0.4, 0.5) is 4.39 Å². The summed E-state index contributed by atoms with van der Waals surface area (Å²) in [6, 6.07) is 5.89. The predicted octanol–water partition coefficient (Wildman–Crippen LogP) is 2.26. The molecule has 1 aromatic carbocycles. The average molecular weight is 239 g/mol. The molecule has 3 nitrogen and oxygen atoms in total. The molecule has 1 rings (SSSR count). The van der Waals surface area contributed by atoms with Gasteiger partial charge in [-0.15, -0.1) is 0 Å². The fourth-order valence-electron chi connectivity index (χ4n) is 1.48. The first kappa shape index (κ1) is 13.6. The van der Waals surface area contributed by atoms with Crippen LogP contribution in [-0.4, -0.2) is 18.6 Å². The molecule has 17 heavy (non-hydrogen) atoms. The van der Waals surface area contributed by atoms with Crippen molar-refractivity contribution >= 4 is 5.97 Å². The van der Waals surface area contributed by atoms with Crippen LogP contribution in [-0.2, 0) is 16.1 Å². The molecule has 0 radical (unpaired) electrons. The molecule has 0 aliphatic rings. The first-order chi connectivity index (χ1) is 8.17. The molecule has 94 valence electrons. The zero-order valence-corrected chi connectivity index (χ0v) is 10.2. The van der Waals surface area contributed by atoms with E-state index in [2.05, 4.69) is 5.32 Å². The number of hydrogen-bond acceptors (Lipinski definition) is 3.